The highest BCUT2D eigenvalue weighted by Crippen LogP contribution is 2.35. The summed E-state index contributed by atoms with van der Waals surface area (Å²) in [5, 5.41) is 6.99. The molecule has 1 aliphatic rings. The predicted octanol–water partition coefficient (Wildman–Crippen LogP) is 4.21. The molecule has 4 rings (SSSR count). The van der Waals surface area contributed by atoms with Gasteiger partial charge in [0, 0.05) is 0 Å². The molecule has 2 N–H and O–H groups in total. The topological polar surface area (TPSA) is 76.7 Å². The molecule has 6 nitrogen and oxygen atoms in total. The van der Waals surface area contributed by atoms with Gasteiger partial charge in [0.25, 0.3) is 5.91 Å². The first kappa shape index (κ1) is 19.3. The molecule has 0 aliphatic carbocycles. The number of imide groups is 1. The lowest BCUT2D eigenvalue weighted by atomic mass is 10.1. The number of halogens is 1. The second-order valence-electron chi connectivity index (χ2n) is 6.47. The Morgan fingerprint density at radius 3 is 2.52 bits per heavy atom. The van der Waals surface area contributed by atoms with Crippen LogP contribution in [0.2, 0.25) is 0 Å². The number of urea groups is 1. The van der Waals surface area contributed by atoms with Gasteiger partial charge >= 0.3 is 6.03 Å². The monoisotopic (exact) mass is 500 g/mol. The maximum absolute atomic E-state index is 11.7. The van der Waals surface area contributed by atoms with E-state index in [4.69, 9.17) is 9.47 Å². The Morgan fingerprint density at radius 2 is 1.79 bits per heavy atom. The van der Waals surface area contributed by atoms with Crippen molar-refractivity contribution < 1.29 is 19.1 Å². The minimum atomic E-state index is -0.529. The van der Waals surface area contributed by atoms with Gasteiger partial charge in [-0.05, 0) is 68.8 Å². The fourth-order valence-electron chi connectivity index (χ4n) is 3.10. The Bertz CT molecular complexity index is 1160. The lowest BCUT2D eigenvalue weighted by molar-refractivity contribution is -0.115. The van der Waals surface area contributed by atoms with E-state index >= 15 is 0 Å². The third kappa shape index (κ3) is 4.19. The molecule has 0 unspecified atom stereocenters. The summed E-state index contributed by atoms with van der Waals surface area (Å²) in [6, 6.07) is 17.5. The zero-order valence-corrected chi connectivity index (χ0v) is 17.6. The maximum Gasteiger partial charge on any atom is 0.326 e. The van der Waals surface area contributed by atoms with Gasteiger partial charge in [-0.3, -0.25) is 10.1 Å². The molecule has 0 radical (unpaired) electrons. The van der Waals surface area contributed by atoms with E-state index < -0.39 is 11.9 Å². The highest BCUT2D eigenvalue weighted by molar-refractivity contribution is 14.1. The fourth-order valence-corrected chi connectivity index (χ4v) is 3.88. The van der Waals surface area contributed by atoms with Gasteiger partial charge in [0.15, 0.2) is 11.5 Å². The smallest absolute Gasteiger partial charge is 0.326 e. The van der Waals surface area contributed by atoms with Crippen LogP contribution < -0.4 is 20.1 Å². The fraction of sp³-hybridized carbons (Fsp3) is 0.0909. The summed E-state index contributed by atoms with van der Waals surface area (Å²) in [5.41, 5.74) is 1.97. The Labute approximate surface area is 181 Å². The minimum Gasteiger partial charge on any atom is -0.493 e. The van der Waals surface area contributed by atoms with Crippen molar-refractivity contribution in [2.45, 2.75) is 6.61 Å². The van der Waals surface area contributed by atoms with Crippen molar-refractivity contribution >= 4 is 51.4 Å². The average molecular weight is 500 g/mol. The number of benzene rings is 3. The predicted molar refractivity (Wildman–Crippen MR) is 119 cm³/mol. The number of methoxy groups -OCH3 is 1. The molecule has 146 valence electrons. The Kier molecular flexibility index (Phi) is 5.39. The van der Waals surface area contributed by atoms with Gasteiger partial charge in [0.05, 0.1) is 10.7 Å². The van der Waals surface area contributed by atoms with Crippen LogP contribution in [-0.2, 0) is 11.4 Å². The molecule has 3 aromatic carbocycles. The summed E-state index contributed by atoms with van der Waals surface area (Å²) in [4.78, 5) is 23.0. The van der Waals surface area contributed by atoms with E-state index in [1.54, 1.807) is 19.3 Å². The molecule has 0 spiro atoms. The van der Waals surface area contributed by atoms with Crippen LogP contribution in [0, 0.1) is 3.57 Å². The van der Waals surface area contributed by atoms with Gasteiger partial charge in [-0.2, -0.15) is 0 Å². The number of carbonyl (C=O) groups excluding carboxylic acids is 2. The summed E-state index contributed by atoms with van der Waals surface area (Å²) in [5.74, 6) is 0.721. The summed E-state index contributed by atoms with van der Waals surface area (Å²) in [7, 11) is 1.56. The number of nitrogens with one attached hydrogen (secondary N) is 2. The van der Waals surface area contributed by atoms with E-state index in [1.807, 2.05) is 24.3 Å². The average Bonchev–Trinajstić information content (AvgIpc) is 3.03. The quantitative estimate of drug-likeness (QED) is 0.313. The van der Waals surface area contributed by atoms with Crippen LogP contribution in [0.5, 0.6) is 11.5 Å². The number of fused-ring (bicyclic) bond motifs is 1. The SMILES string of the molecule is COc1cc(/C=C2/NC(=O)NC2=O)cc(I)c1OCc1ccc2ccccc2c1. The molecule has 0 aromatic heterocycles. The first-order chi connectivity index (χ1) is 14.0. The zero-order chi connectivity index (χ0) is 20.4. The number of rotatable bonds is 5. The maximum atomic E-state index is 11.7. The van der Waals surface area contributed by atoms with Crippen molar-refractivity contribution in [3.63, 3.8) is 0 Å². The first-order valence-corrected chi connectivity index (χ1v) is 9.93. The van der Waals surface area contributed by atoms with Gasteiger partial charge in [-0.25, -0.2) is 4.79 Å². The van der Waals surface area contributed by atoms with E-state index in [9.17, 15) is 9.59 Å². The molecule has 3 amide bonds. The van der Waals surface area contributed by atoms with Crippen LogP contribution in [0.3, 0.4) is 0 Å². The van der Waals surface area contributed by atoms with Gasteiger partial charge < -0.3 is 14.8 Å². The van der Waals surface area contributed by atoms with Crippen LogP contribution in [0.25, 0.3) is 16.8 Å². The summed E-state index contributed by atoms with van der Waals surface area (Å²) >= 11 is 2.17. The van der Waals surface area contributed by atoms with Gasteiger partial charge in [0.2, 0.25) is 0 Å². The van der Waals surface area contributed by atoms with Crippen LogP contribution >= 0.6 is 22.6 Å². The standard InChI is InChI=1S/C22H17IN2O4/c1-28-19-11-14(10-18-21(26)25-22(27)24-18)9-17(23)20(19)29-12-13-6-7-15-4-2-3-5-16(15)8-13/h2-11H,12H2,1H3,(H2,24,25,26,27)/b18-10+. The molecule has 1 saturated heterocycles. The second kappa shape index (κ2) is 8.12. The normalized spacial score (nSPS) is 14.8. The summed E-state index contributed by atoms with van der Waals surface area (Å²) in [6.45, 7) is 0.399. The highest BCUT2D eigenvalue weighted by atomic mass is 127. The number of carbonyl (C=O) groups is 2. The van der Waals surface area contributed by atoms with E-state index in [0.29, 0.717) is 18.1 Å². The van der Waals surface area contributed by atoms with E-state index in [2.05, 4.69) is 57.5 Å². The van der Waals surface area contributed by atoms with Crippen molar-refractivity contribution in [1.82, 2.24) is 10.6 Å². The first-order valence-electron chi connectivity index (χ1n) is 8.85. The number of amides is 3. The lowest BCUT2D eigenvalue weighted by Gasteiger charge is -2.14. The van der Waals surface area contributed by atoms with Crippen molar-refractivity contribution in [3.8, 4) is 11.5 Å². The van der Waals surface area contributed by atoms with Crippen LogP contribution in [0.1, 0.15) is 11.1 Å². The van der Waals surface area contributed by atoms with Crippen molar-refractivity contribution in [1.29, 1.82) is 0 Å². The van der Waals surface area contributed by atoms with Crippen LogP contribution in [-0.4, -0.2) is 19.0 Å². The Morgan fingerprint density at radius 1 is 1.00 bits per heavy atom. The minimum absolute atomic E-state index is 0.192. The van der Waals surface area contributed by atoms with Crippen molar-refractivity contribution in [2.75, 3.05) is 7.11 Å². The summed E-state index contributed by atoms with van der Waals surface area (Å²) < 4.78 is 12.4. The lowest BCUT2D eigenvalue weighted by Crippen LogP contribution is -2.22. The molecule has 0 bridgehead atoms. The van der Waals surface area contributed by atoms with Gasteiger partial charge in [-0.15, -0.1) is 0 Å². The molecule has 29 heavy (non-hydrogen) atoms. The van der Waals surface area contributed by atoms with Gasteiger partial charge in [0.1, 0.15) is 12.3 Å². The Hall–Kier alpha value is -3.07. The molecule has 1 aliphatic heterocycles. The molecular weight excluding hydrogens is 483 g/mol. The third-order valence-electron chi connectivity index (χ3n) is 4.48. The Balaban J connectivity index is 1.57. The molecule has 3 aromatic rings. The van der Waals surface area contributed by atoms with Crippen molar-refractivity contribution in [2.24, 2.45) is 0 Å². The van der Waals surface area contributed by atoms with Crippen molar-refractivity contribution in [3.05, 3.63) is 75.0 Å². The number of hydrogen-bond donors (Lipinski definition) is 2. The van der Waals surface area contributed by atoms with Crippen LogP contribution in [0.15, 0.2) is 60.3 Å². The second-order valence-corrected chi connectivity index (χ2v) is 7.63. The largest absolute Gasteiger partial charge is 0.493 e. The highest BCUT2D eigenvalue weighted by Gasteiger charge is 2.23. The summed E-state index contributed by atoms with van der Waals surface area (Å²) in [6.07, 6.45) is 1.60. The molecule has 7 heteroatoms. The number of hydrogen-bond acceptors (Lipinski definition) is 4. The van der Waals surface area contributed by atoms with Gasteiger partial charge in [-0.1, -0.05) is 36.4 Å². The van der Waals surface area contributed by atoms with E-state index in [1.165, 1.54) is 5.39 Å². The third-order valence-corrected chi connectivity index (χ3v) is 5.28. The molecule has 0 atom stereocenters. The molecule has 1 fully saturated rings. The zero-order valence-electron chi connectivity index (χ0n) is 15.5. The van der Waals surface area contributed by atoms with Crippen LogP contribution in [0.4, 0.5) is 4.79 Å². The molecule has 1 heterocycles. The van der Waals surface area contributed by atoms with E-state index in [0.717, 1.165) is 20.1 Å². The molecule has 0 saturated carbocycles. The number of ether oxygens (including phenoxy) is 2. The molecular formula is C22H17IN2O4. The van der Waals surface area contributed by atoms with E-state index in [-0.39, 0.29) is 5.70 Å².